The summed E-state index contributed by atoms with van der Waals surface area (Å²) < 4.78 is 29.4. The molecule has 0 heterocycles. The predicted molar refractivity (Wildman–Crippen MR) is 186 cm³/mol. The van der Waals surface area contributed by atoms with E-state index < -0.39 is 28.5 Å². The van der Waals surface area contributed by atoms with Crippen LogP contribution >= 0.6 is 34.8 Å². The average molecular weight is 701 g/mol. The molecule has 4 aromatic rings. The van der Waals surface area contributed by atoms with Gasteiger partial charge in [0.2, 0.25) is 11.8 Å². The molecule has 46 heavy (non-hydrogen) atoms. The Hall–Kier alpha value is -3.56. The van der Waals surface area contributed by atoms with E-state index in [1.165, 1.54) is 29.2 Å². The van der Waals surface area contributed by atoms with Gasteiger partial charge < -0.3 is 10.2 Å². The number of amides is 2. The molecular weight excluding hydrogens is 665 g/mol. The lowest BCUT2D eigenvalue weighted by Gasteiger charge is -2.34. The summed E-state index contributed by atoms with van der Waals surface area (Å²) in [6.07, 6.45) is 0.890. The fourth-order valence-corrected chi connectivity index (χ4v) is 6.90. The zero-order valence-electron chi connectivity index (χ0n) is 25.8. The van der Waals surface area contributed by atoms with E-state index in [1.807, 2.05) is 51.1 Å². The van der Waals surface area contributed by atoms with Crippen LogP contribution in [0, 0.1) is 13.8 Å². The van der Waals surface area contributed by atoms with Crippen LogP contribution in [0.25, 0.3) is 0 Å². The first-order valence-corrected chi connectivity index (χ1v) is 17.4. The van der Waals surface area contributed by atoms with Crippen LogP contribution in [0.4, 0.5) is 5.69 Å². The second-order valence-corrected chi connectivity index (χ2v) is 14.1. The van der Waals surface area contributed by atoms with E-state index in [0.29, 0.717) is 39.3 Å². The molecular formula is C35H36Cl3N3O4S. The van der Waals surface area contributed by atoms with Gasteiger partial charge in [0.05, 0.1) is 10.6 Å². The molecule has 2 amide bonds. The summed E-state index contributed by atoms with van der Waals surface area (Å²) in [5.41, 5.74) is 3.52. The fourth-order valence-electron chi connectivity index (χ4n) is 4.90. The van der Waals surface area contributed by atoms with Crippen molar-refractivity contribution in [2.45, 2.75) is 51.1 Å². The van der Waals surface area contributed by atoms with Crippen molar-refractivity contribution < 1.29 is 18.0 Å². The first kappa shape index (κ1) is 35.3. The molecule has 0 unspecified atom stereocenters. The molecule has 11 heteroatoms. The lowest BCUT2D eigenvalue weighted by molar-refractivity contribution is -0.140. The quantitative estimate of drug-likeness (QED) is 0.156. The van der Waals surface area contributed by atoms with Crippen molar-refractivity contribution >= 4 is 62.3 Å². The number of carbonyl (C=O) groups excluding carboxylic acids is 2. The van der Waals surface area contributed by atoms with Gasteiger partial charge in [0.25, 0.3) is 10.0 Å². The number of halogens is 3. The number of hydrogen-bond donors (Lipinski definition) is 1. The lowest BCUT2D eigenvalue weighted by Crippen LogP contribution is -2.53. The van der Waals surface area contributed by atoms with Gasteiger partial charge in [-0.15, -0.1) is 0 Å². The molecule has 0 radical (unpaired) electrons. The summed E-state index contributed by atoms with van der Waals surface area (Å²) in [6, 6.07) is 24.3. The van der Waals surface area contributed by atoms with E-state index in [2.05, 4.69) is 5.32 Å². The van der Waals surface area contributed by atoms with Gasteiger partial charge in [0.1, 0.15) is 12.6 Å². The number of aryl methyl sites for hydroxylation is 2. The predicted octanol–water partition coefficient (Wildman–Crippen LogP) is 7.63. The molecule has 0 aliphatic carbocycles. The summed E-state index contributed by atoms with van der Waals surface area (Å²) in [6.45, 7) is 5.50. The molecule has 0 aliphatic rings. The first-order chi connectivity index (χ1) is 21.9. The molecule has 0 saturated carbocycles. The van der Waals surface area contributed by atoms with Crippen LogP contribution in [-0.4, -0.2) is 44.3 Å². The molecule has 4 rings (SSSR count). The Morgan fingerprint density at radius 2 is 1.50 bits per heavy atom. The number of carbonyl (C=O) groups is 2. The van der Waals surface area contributed by atoms with Gasteiger partial charge in [0, 0.05) is 34.6 Å². The SMILES string of the molecule is CCCNC(=O)[C@H](Cc1ccccc1)N(Cc1ccc(Cl)cc1Cl)C(=O)CN(c1ccc(C)c(C)c1)S(=O)(=O)c1ccc(Cl)cc1. The van der Waals surface area contributed by atoms with Gasteiger partial charge >= 0.3 is 0 Å². The molecule has 242 valence electrons. The van der Waals surface area contributed by atoms with Gasteiger partial charge in [-0.25, -0.2) is 8.42 Å². The molecule has 4 aromatic carbocycles. The zero-order valence-corrected chi connectivity index (χ0v) is 28.9. The number of benzene rings is 4. The van der Waals surface area contributed by atoms with E-state index in [-0.39, 0.29) is 23.8 Å². The number of nitrogens with one attached hydrogen (secondary N) is 1. The third-order valence-corrected chi connectivity index (χ3v) is 10.3. The molecule has 0 bridgehead atoms. The highest BCUT2D eigenvalue weighted by atomic mass is 35.5. The fraction of sp³-hybridized carbons (Fsp3) is 0.257. The van der Waals surface area contributed by atoms with Crippen LogP contribution in [0.2, 0.25) is 15.1 Å². The lowest BCUT2D eigenvalue weighted by atomic mass is 10.0. The highest BCUT2D eigenvalue weighted by Crippen LogP contribution is 2.29. The van der Waals surface area contributed by atoms with Crippen LogP contribution < -0.4 is 9.62 Å². The molecule has 7 nitrogen and oxygen atoms in total. The van der Waals surface area contributed by atoms with Crippen molar-refractivity contribution in [2.75, 3.05) is 17.4 Å². The number of nitrogens with zero attached hydrogens (tertiary/aromatic N) is 2. The highest BCUT2D eigenvalue weighted by Gasteiger charge is 2.35. The van der Waals surface area contributed by atoms with E-state index >= 15 is 0 Å². The Balaban J connectivity index is 1.83. The van der Waals surface area contributed by atoms with Crippen LogP contribution in [0.15, 0.2) is 95.9 Å². The topological polar surface area (TPSA) is 86.8 Å². The van der Waals surface area contributed by atoms with Crippen molar-refractivity contribution in [3.05, 3.63) is 128 Å². The van der Waals surface area contributed by atoms with Gasteiger partial charge in [-0.2, -0.15) is 0 Å². The minimum atomic E-state index is -4.25. The third-order valence-electron chi connectivity index (χ3n) is 7.64. The monoisotopic (exact) mass is 699 g/mol. The maximum atomic E-state index is 14.6. The van der Waals surface area contributed by atoms with Crippen molar-refractivity contribution in [2.24, 2.45) is 0 Å². The van der Waals surface area contributed by atoms with Crippen LogP contribution in [0.1, 0.15) is 35.6 Å². The molecule has 0 fully saturated rings. The second kappa shape index (κ2) is 15.8. The molecule has 0 aromatic heterocycles. The molecule has 0 spiro atoms. The average Bonchev–Trinajstić information content (AvgIpc) is 3.03. The van der Waals surface area contributed by atoms with Crippen molar-refractivity contribution in [1.82, 2.24) is 10.2 Å². The largest absolute Gasteiger partial charge is 0.354 e. The van der Waals surface area contributed by atoms with E-state index in [4.69, 9.17) is 34.8 Å². The second-order valence-electron chi connectivity index (χ2n) is 11.0. The van der Waals surface area contributed by atoms with E-state index in [9.17, 15) is 18.0 Å². The Bertz CT molecular complexity index is 1790. The highest BCUT2D eigenvalue weighted by molar-refractivity contribution is 7.92. The summed E-state index contributed by atoms with van der Waals surface area (Å²) >= 11 is 18.8. The van der Waals surface area contributed by atoms with Gasteiger partial charge in [-0.05, 0) is 91.1 Å². The van der Waals surface area contributed by atoms with E-state index in [1.54, 1.807) is 36.4 Å². The molecule has 0 saturated heterocycles. The molecule has 0 aliphatic heterocycles. The smallest absolute Gasteiger partial charge is 0.264 e. The number of rotatable bonds is 13. The maximum absolute atomic E-state index is 14.6. The first-order valence-electron chi connectivity index (χ1n) is 14.8. The standard InChI is InChI=1S/C35H36Cl3N3O4S/c1-4-18-39-35(43)33(20-26-8-6-5-7-9-26)40(22-27-11-12-29(37)21-32(27)38)34(42)23-41(30-15-10-24(2)25(3)19-30)46(44,45)31-16-13-28(36)14-17-31/h5-17,19,21,33H,4,18,20,22-23H2,1-3H3,(H,39,43)/t33-/m0/s1. The van der Waals surface area contributed by atoms with Crippen LogP contribution in [0.3, 0.4) is 0 Å². The number of hydrogen-bond acceptors (Lipinski definition) is 4. The zero-order chi connectivity index (χ0) is 33.4. The minimum Gasteiger partial charge on any atom is -0.354 e. The van der Waals surface area contributed by atoms with Gasteiger partial charge in [-0.1, -0.05) is 84.2 Å². The normalized spacial score (nSPS) is 12.0. The van der Waals surface area contributed by atoms with Crippen LogP contribution in [-0.2, 0) is 32.6 Å². The third kappa shape index (κ3) is 8.82. The van der Waals surface area contributed by atoms with Gasteiger partial charge in [-0.3, -0.25) is 13.9 Å². The van der Waals surface area contributed by atoms with E-state index in [0.717, 1.165) is 21.0 Å². The summed E-state index contributed by atoms with van der Waals surface area (Å²) in [5.74, 6) is -0.947. The maximum Gasteiger partial charge on any atom is 0.264 e. The molecule has 1 N–H and O–H groups in total. The van der Waals surface area contributed by atoms with Crippen LogP contribution in [0.5, 0.6) is 0 Å². The molecule has 1 atom stereocenters. The van der Waals surface area contributed by atoms with Crippen molar-refractivity contribution in [1.29, 1.82) is 0 Å². The Kier molecular flexibility index (Phi) is 12.1. The summed E-state index contributed by atoms with van der Waals surface area (Å²) in [4.78, 5) is 29.7. The Morgan fingerprint density at radius 1 is 0.826 bits per heavy atom. The van der Waals surface area contributed by atoms with Gasteiger partial charge in [0.15, 0.2) is 0 Å². The number of anilines is 1. The Labute approximate surface area is 286 Å². The summed E-state index contributed by atoms with van der Waals surface area (Å²) in [5, 5.41) is 4.04. The minimum absolute atomic E-state index is 0.0308. The Morgan fingerprint density at radius 3 is 2.13 bits per heavy atom. The van der Waals surface area contributed by atoms with Crippen molar-refractivity contribution in [3.63, 3.8) is 0 Å². The van der Waals surface area contributed by atoms with Crippen molar-refractivity contribution in [3.8, 4) is 0 Å². The number of sulfonamides is 1. The summed E-state index contributed by atoms with van der Waals surface area (Å²) in [7, 11) is -4.25.